The lowest BCUT2D eigenvalue weighted by Gasteiger charge is -2.19. The zero-order valence-corrected chi connectivity index (χ0v) is 16.0. The summed E-state index contributed by atoms with van der Waals surface area (Å²) in [5, 5.41) is 2.47. The van der Waals surface area contributed by atoms with Crippen LogP contribution in [0.15, 0.2) is 24.3 Å². The van der Waals surface area contributed by atoms with E-state index in [0.717, 1.165) is 17.7 Å². The fraction of sp³-hybridized carbons (Fsp3) is 0.450. The first kappa shape index (κ1) is 20.5. The number of rotatable bonds is 6. The molecular weight excluding hydrogens is 380 g/mol. The maximum Gasteiger partial charge on any atom is 0.339 e. The number of carbonyl (C=O) groups is 5. The maximum atomic E-state index is 12.4. The van der Waals surface area contributed by atoms with Crippen LogP contribution in [0.25, 0.3) is 0 Å². The normalized spacial score (nSPS) is 20.8. The number of ether oxygens (including phenoxy) is 2. The van der Waals surface area contributed by atoms with Crippen LogP contribution in [0.3, 0.4) is 0 Å². The molecule has 3 rings (SSSR count). The number of benzene rings is 1. The molecule has 1 aromatic carbocycles. The Balaban J connectivity index is 1.52. The van der Waals surface area contributed by atoms with Crippen molar-refractivity contribution in [2.75, 3.05) is 25.6 Å². The van der Waals surface area contributed by atoms with Crippen molar-refractivity contribution in [2.24, 2.45) is 11.8 Å². The topological polar surface area (TPSA) is 119 Å². The van der Waals surface area contributed by atoms with Crippen molar-refractivity contribution in [3.63, 3.8) is 0 Å². The molecule has 1 heterocycles. The van der Waals surface area contributed by atoms with Gasteiger partial charge in [0.05, 0.1) is 30.2 Å². The van der Waals surface area contributed by atoms with Gasteiger partial charge in [-0.2, -0.15) is 0 Å². The molecule has 0 bridgehead atoms. The third-order valence-corrected chi connectivity index (χ3v) is 5.19. The number of para-hydroxylation sites is 1. The molecule has 2 fully saturated rings. The number of carbonyl (C=O) groups excluding carboxylic acids is 5. The maximum absolute atomic E-state index is 12.4. The van der Waals surface area contributed by atoms with Gasteiger partial charge < -0.3 is 14.8 Å². The molecule has 0 aromatic heterocycles. The number of fused-ring (bicyclic) bond motifs is 1. The Bertz CT molecular complexity index is 827. The number of imide groups is 1. The van der Waals surface area contributed by atoms with Gasteiger partial charge in [0.2, 0.25) is 11.8 Å². The fourth-order valence-corrected chi connectivity index (χ4v) is 3.77. The molecule has 29 heavy (non-hydrogen) atoms. The van der Waals surface area contributed by atoms with Gasteiger partial charge in [-0.05, 0) is 25.0 Å². The second-order valence-corrected chi connectivity index (χ2v) is 7.01. The van der Waals surface area contributed by atoms with Gasteiger partial charge in [-0.15, -0.1) is 0 Å². The van der Waals surface area contributed by atoms with Gasteiger partial charge >= 0.3 is 11.9 Å². The molecule has 1 saturated heterocycles. The highest BCUT2D eigenvalue weighted by Crippen LogP contribution is 2.37. The summed E-state index contributed by atoms with van der Waals surface area (Å²) in [7, 11) is 1.22. The molecule has 0 radical (unpaired) electrons. The number of hydrogen-bond acceptors (Lipinski definition) is 7. The summed E-state index contributed by atoms with van der Waals surface area (Å²) in [6.45, 7) is -1.12. The number of amides is 3. The average Bonchev–Trinajstić information content (AvgIpc) is 2.97. The molecule has 154 valence electrons. The minimum Gasteiger partial charge on any atom is -0.465 e. The first-order chi connectivity index (χ1) is 13.9. The number of methoxy groups -OCH3 is 1. The quantitative estimate of drug-likeness (QED) is 0.559. The zero-order valence-electron chi connectivity index (χ0n) is 16.0. The summed E-state index contributed by atoms with van der Waals surface area (Å²) in [5.74, 6) is -3.50. The van der Waals surface area contributed by atoms with Crippen LogP contribution < -0.4 is 5.32 Å². The van der Waals surface area contributed by atoms with Crippen molar-refractivity contribution in [1.29, 1.82) is 0 Å². The Hall–Kier alpha value is -3.23. The summed E-state index contributed by atoms with van der Waals surface area (Å²) in [6, 6.07) is 6.23. The Kier molecular flexibility index (Phi) is 6.26. The SMILES string of the molecule is COC(=O)c1ccccc1NC(=O)COC(=O)CN1C(=O)[C@H]2CCCC[C@H]2C1=O. The first-order valence-electron chi connectivity index (χ1n) is 9.40. The van der Waals surface area contributed by atoms with E-state index in [1.54, 1.807) is 12.1 Å². The highest BCUT2D eigenvalue weighted by atomic mass is 16.5. The molecule has 9 heteroatoms. The van der Waals surface area contributed by atoms with E-state index in [1.807, 2.05) is 0 Å². The summed E-state index contributed by atoms with van der Waals surface area (Å²) in [4.78, 5) is 61.5. The van der Waals surface area contributed by atoms with E-state index in [-0.39, 0.29) is 34.9 Å². The van der Waals surface area contributed by atoms with Crippen LogP contribution in [0.2, 0.25) is 0 Å². The van der Waals surface area contributed by atoms with Gasteiger partial charge in [-0.25, -0.2) is 4.79 Å². The predicted molar refractivity (Wildman–Crippen MR) is 99.5 cm³/mol. The number of hydrogen-bond donors (Lipinski definition) is 1. The van der Waals surface area contributed by atoms with Gasteiger partial charge in [0.15, 0.2) is 6.61 Å². The van der Waals surface area contributed by atoms with Crippen molar-refractivity contribution >= 4 is 35.3 Å². The monoisotopic (exact) mass is 402 g/mol. The van der Waals surface area contributed by atoms with Crippen molar-refractivity contribution in [3.8, 4) is 0 Å². The molecule has 1 N–H and O–H groups in total. The van der Waals surface area contributed by atoms with E-state index >= 15 is 0 Å². The molecule has 9 nitrogen and oxygen atoms in total. The minimum absolute atomic E-state index is 0.158. The molecule has 1 saturated carbocycles. The number of likely N-dealkylation sites (tertiary alicyclic amines) is 1. The summed E-state index contributed by atoms with van der Waals surface area (Å²) >= 11 is 0. The number of nitrogens with zero attached hydrogens (tertiary/aromatic N) is 1. The Morgan fingerprint density at radius 1 is 1.07 bits per heavy atom. The summed E-state index contributed by atoms with van der Waals surface area (Å²) < 4.78 is 9.55. The molecule has 1 aliphatic carbocycles. The van der Waals surface area contributed by atoms with E-state index < -0.39 is 31.0 Å². The van der Waals surface area contributed by atoms with Crippen molar-refractivity contribution in [2.45, 2.75) is 25.7 Å². The molecule has 3 amide bonds. The number of nitrogens with one attached hydrogen (secondary N) is 1. The smallest absolute Gasteiger partial charge is 0.339 e. The molecular formula is C20H22N2O7. The minimum atomic E-state index is -0.846. The number of esters is 2. The fourth-order valence-electron chi connectivity index (χ4n) is 3.77. The van der Waals surface area contributed by atoms with Gasteiger partial charge in [0, 0.05) is 0 Å². The van der Waals surface area contributed by atoms with E-state index in [0.29, 0.717) is 12.8 Å². The van der Waals surface area contributed by atoms with Gasteiger partial charge in [0.1, 0.15) is 6.54 Å². The van der Waals surface area contributed by atoms with Gasteiger partial charge in [0.25, 0.3) is 5.91 Å². The van der Waals surface area contributed by atoms with Crippen LogP contribution in [0.1, 0.15) is 36.0 Å². The number of anilines is 1. The van der Waals surface area contributed by atoms with Crippen molar-refractivity contribution in [1.82, 2.24) is 4.90 Å². The third-order valence-electron chi connectivity index (χ3n) is 5.19. The molecule has 0 unspecified atom stereocenters. The molecule has 2 atom stereocenters. The van der Waals surface area contributed by atoms with E-state index in [9.17, 15) is 24.0 Å². The standard InChI is InChI=1S/C20H22N2O7/c1-28-20(27)14-8-4-5-9-15(14)21-16(23)11-29-17(24)10-22-18(25)12-6-2-3-7-13(12)19(22)26/h4-5,8-9,12-13H,2-3,6-7,10-11H2,1H3,(H,21,23)/t12-,13+. The third kappa shape index (κ3) is 4.44. The van der Waals surface area contributed by atoms with Crippen LogP contribution in [0, 0.1) is 11.8 Å². The zero-order chi connectivity index (χ0) is 21.0. The predicted octanol–water partition coefficient (Wildman–Crippen LogP) is 1.13. The Labute approximate surface area is 167 Å². The van der Waals surface area contributed by atoms with Crippen LogP contribution in [-0.2, 0) is 28.7 Å². The summed E-state index contributed by atoms with van der Waals surface area (Å²) in [6.07, 6.45) is 3.10. The van der Waals surface area contributed by atoms with Crippen LogP contribution in [0.4, 0.5) is 5.69 Å². The van der Waals surface area contributed by atoms with Crippen molar-refractivity contribution in [3.05, 3.63) is 29.8 Å². The van der Waals surface area contributed by atoms with Crippen LogP contribution >= 0.6 is 0 Å². The van der Waals surface area contributed by atoms with Crippen molar-refractivity contribution < 1.29 is 33.4 Å². The first-order valence-corrected chi connectivity index (χ1v) is 9.40. The largest absolute Gasteiger partial charge is 0.465 e. The van der Waals surface area contributed by atoms with E-state index in [4.69, 9.17) is 4.74 Å². The molecule has 0 spiro atoms. The highest BCUT2D eigenvalue weighted by Gasteiger charge is 2.48. The van der Waals surface area contributed by atoms with Gasteiger partial charge in [-0.3, -0.25) is 24.1 Å². The second-order valence-electron chi connectivity index (χ2n) is 7.01. The van der Waals surface area contributed by atoms with E-state index in [1.165, 1.54) is 19.2 Å². The van der Waals surface area contributed by atoms with E-state index in [2.05, 4.69) is 10.1 Å². The lowest BCUT2D eigenvalue weighted by molar-refractivity contribution is -0.154. The van der Waals surface area contributed by atoms with Gasteiger partial charge in [-0.1, -0.05) is 25.0 Å². The average molecular weight is 402 g/mol. The Morgan fingerprint density at radius 3 is 2.31 bits per heavy atom. The Morgan fingerprint density at radius 2 is 1.69 bits per heavy atom. The highest BCUT2D eigenvalue weighted by molar-refractivity contribution is 6.07. The second kappa shape index (κ2) is 8.85. The van der Waals surface area contributed by atoms with Crippen LogP contribution in [0.5, 0.6) is 0 Å². The summed E-state index contributed by atoms with van der Waals surface area (Å²) in [5.41, 5.74) is 0.375. The molecule has 1 aromatic rings. The lowest BCUT2D eigenvalue weighted by atomic mass is 9.81. The lowest BCUT2D eigenvalue weighted by Crippen LogP contribution is -2.37. The molecule has 1 aliphatic heterocycles. The molecule has 2 aliphatic rings. The van der Waals surface area contributed by atoms with Crippen LogP contribution in [-0.4, -0.2) is 54.8 Å².